The molecule has 1 N–H and O–H groups in total. The first-order valence-electron chi connectivity index (χ1n) is 11.7. The molecule has 4 aromatic carbocycles. The largest absolute Gasteiger partial charge is 0.488 e. The van der Waals surface area contributed by atoms with Crippen molar-refractivity contribution in [3.8, 4) is 5.75 Å². The van der Waals surface area contributed by atoms with E-state index in [2.05, 4.69) is 10.5 Å². The highest BCUT2D eigenvalue weighted by Gasteiger charge is 2.27. The minimum absolute atomic E-state index is 0.0378. The number of anilines is 1. The molecule has 11 heteroatoms. The van der Waals surface area contributed by atoms with Crippen LogP contribution in [0.1, 0.15) is 11.1 Å². The average molecular weight is 545 g/mol. The zero-order valence-corrected chi connectivity index (χ0v) is 21.4. The number of carbonyl (C=O) groups excluding carboxylic acids is 1. The number of nitrogens with zero attached hydrogens (tertiary/aromatic N) is 3. The normalized spacial score (nSPS) is 11.2. The molecule has 0 radical (unpaired) electrons. The van der Waals surface area contributed by atoms with Crippen LogP contribution in [0.3, 0.4) is 0 Å². The smallest absolute Gasteiger partial charge is 0.269 e. The Morgan fingerprint density at radius 3 is 2.18 bits per heavy atom. The molecule has 198 valence electrons. The van der Waals surface area contributed by atoms with Crippen LogP contribution in [0.4, 0.5) is 11.4 Å². The van der Waals surface area contributed by atoms with Crippen LogP contribution in [0.2, 0.25) is 0 Å². The van der Waals surface area contributed by atoms with Crippen molar-refractivity contribution in [2.75, 3.05) is 10.8 Å². The van der Waals surface area contributed by atoms with Crippen LogP contribution >= 0.6 is 0 Å². The van der Waals surface area contributed by atoms with E-state index in [4.69, 9.17) is 4.74 Å². The van der Waals surface area contributed by atoms with Crippen molar-refractivity contribution >= 4 is 33.5 Å². The van der Waals surface area contributed by atoms with Crippen molar-refractivity contribution in [1.82, 2.24) is 5.43 Å². The van der Waals surface area contributed by atoms with E-state index in [9.17, 15) is 23.3 Å². The molecule has 0 aromatic heterocycles. The van der Waals surface area contributed by atoms with Crippen molar-refractivity contribution < 1.29 is 22.9 Å². The third-order valence-electron chi connectivity index (χ3n) is 5.52. The van der Waals surface area contributed by atoms with Gasteiger partial charge in [-0.05, 0) is 42.0 Å². The van der Waals surface area contributed by atoms with Crippen molar-refractivity contribution in [2.45, 2.75) is 11.5 Å². The second-order valence-corrected chi connectivity index (χ2v) is 10.1. The number of nitro groups is 1. The molecule has 0 heterocycles. The summed E-state index contributed by atoms with van der Waals surface area (Å²) in [5.74, 6) is -0.162. The van der Waals surface area contributed by atoms with E-state index in [1.165, 1.54) is 42.6 Å². The summed E-state index contributed by atoms with van der Waals surface area (Å²) in [7, 11) is -4.17. The molecule has 0 aliphatic heterocycles. The van der Waals surface area contributed by atoms with Crippen LogP contribution in [0.15, 0.2) is 119 Å². The first kappa shape index (κ1) is 27.0. The highest BCUT2D eigenvalue weighted by atomic mass is 32.2. The molecule has 0 bridgehead atoms. The Hall–Kier alpha value is -5.03. The van der Waals surface area contributed by atoms with Gasteiger partial charge >= 0.3 is 0 Å². The third-order valence-corrected chi connectivity index (χ3v) is 7.30. The summed E-state index contributed by atoms with van der Waals surface area (Å²) in [5.41, 5.74) is 3.82. The minimum Gasteiger partial charge on any atom is -0.488 e. The van der Waals surface area contributed by atoms with Gasteiger partial charge in [-0.2, -0.15) is 5.10 Å². The Bertz CT molecular complexity index is 1560. The fourth-order valence-corrected chi connectivity index (χ4v) is 5.01. The van der Waals surface area contributed by atoms with Crippen LogP contribution in [-0.4, -0.2) is 32.0 Å². The Morgan fingerprint density at radius 1 is 0.897 bits per heavy atom. The minimum atomic E-state index is -4.17. The van der Waals surface area contributed by atoms with E-state index in [0.717, 1.165) is 9.87 Å². The number of ether oxygens (including phenoxy) is 1. The number of sulfonamides is 1. The number of nitrogens with one attached hydrogen (secondary N) is 1. The fraction of sp³-hybridized carbons (Fsp3) is 0.0714. The number of benzene rings is 4. The molecule has 0 fully saturated rings. The topological polar surface area (TPSA) is 131 Å². The first-order chi connectivity index (χ1) is 18.8. The maximum atomic E-state index is 13.4. The number of hydrogen-bond acceptors (Lipinski definition) is 7. The number of para-hydroxylation sites is 1. The molecule has 0 saturated carbocycles. The second kappa shape index (κ2) is 12.5. The molecule has 0 spiro atoms. The van der Waals surface area contributed by atoms with Gasteiger partial charge in [0.25, 0.3) is 21.6 Å². The number of non-ortho nitro benzene ring substituents is 1. The Kier molecular flexibility index (Phi) is 8.64. The van der Waals surface area contributed by atoms with Gasteiger partial charge in [-0.15, -0.1) is 0 Å². The van der Waals surface area contributed by atoms with Crippen LogP contribution in [0.5, 0.6) is 5.75 Å². The van der Waals surface area contributed by atoms with Crippen molar-refractivity contribution in [1.29, 1.82) is 0 Å². The zero-order chi connectivity index (χ0) is 27.7. The summed E-state index contributed by atoms with van der Waals surface area (Å²) >= 11 is 0. The Balaban J connectivity index is 1.50. The lowest BCUT2D eigenvalue weighted by atomic mass is 10.2. The Morgan fingerprint density at radius 2 is 1.51 bits per heavy atom. The number of hydrazone groups is 1. The van der Waals surface area contributed by atoms with Gasteiger partial charge in [0.1, 0.15) is 18.9 Å². The number of carbonyl (C=O) groups is 1. The molecule has 4 rings (SSSR count). The molecule has 10 nitrogen and oxygen atoms in total. The molecule has 39 heavy (non-hydrogen) atoms. The number of amides is 1. The van der Waals surface area contributed by atoms with E-state index >= 15 is 0 Å². The monoisotopic (exact) mass is 544 g/mol. The summed E-state index contributed by atoms with van der Waals surface area (Å²) < 4.78 is 33.5. The lowest BCUT2D eigenvalue weighted by molar-refractivity contribution is -0.384. The third kappa shape index (κ3) is 7.05. The first-order valence-corrected chi connectivity index (χ1v) is 13.2. The number of rotatable bonds is 11. The lowest BCUT2D eigenvalue weighted by Crippen LogP contribution is -2.39. The van der Waals surface area contributed by atoms with Gasteiger partial charge in [0, 0.05) is 17.7 Å². The van der Waals surface area contributed by atoms with Crippen LogP contribution in [0.25, 0.3) is 0 Å². The fourth-order valence-electron chi connectivity index (χ4n) is 3.57. The molecule has 0 unspecified atom stereocenters. The second-order valence-electron chi connectivity index (χ2n) is 8.20. The highest BCUT2D eigenvalue weighted by Crippen LogP contribution is 2.25. The molecular weight excluding hydrogens is 520 g/mol. The van der Waals surface area contributed by atoms with Crippen LogP contribution in [0, 0.1) is 10.1 Å². The summed E-state index contributed by atoms with van der Waals surface area (Å²) in [6.45, 7) is -0.266. The van der Waals surface area contributed by atoms with Gasteiger partial charge < -0.3 is 4.74 Å². The van der Waals surface area contributed by atoms with Crippen LogP contribution in [-0.2, 0) is 21.4 Å². The molecule has 4 aromatic rings. The molecule has 0 aliphatic rings. The van der Waals surface area contributed by atoms with Gasteiger partial charge in [0.2, 0.25) is 0 Å². The van der Waals surface area contributed by atoms with E-state index in [-0.39, 0.29) is 16.3 Å². The van der Waals surface area contributed by atoms with Gasteiger partial charge in [-0.25, -0.2) is 13.8 Å². The summed E-state index contributed by atoms with van der Waals surface area (Å²) in [6, 6.07) is 29.2. The number of nitro benzene ring substituents is 1. The summed E-state index contributed by atoms with van der Waals surface area (Å²) in [4.78, 5) is 23.2. The summed E-state index contributed by atoms with van der Waals surface area (Å²) in [6.07, 6.45) is 1.40. The maximum Gasteiger partial charge on any atom is 0.269 e. The predicted octanol–water partition coefficient (Wildman–Crippen LogP) is 4.52. The van der Waals surface area contributed by atoms with Gasteiger partial charge in [-0.1, -0.05) is 60.7 Å². The zero-order valence-electron chi connectivity index (χ0n) is 20.6. The molecule has 0 saturated heterocycles. The maximum absolute atomic E-state index is 13.4. The van der Waals surface area contributed by atoms with E-state index < -0.39 is 27.4 Å². The van der Waals surface area contributed by atoms with Gasteiger partial charge in [0.15, 0.2) is 0 Å². The standard InChI is InChI=1S/C28H24N4O6S/c33-28(30-29-19-23-11-7-8-14-27(23)38-21-22-9-3-1-4-10-22)20-31(24-15-17-25(18-16-24)32(34)35)39(36,37)26-12-5-2-6-13-26/h1-19H,20-21H2,(H,30,33). The highest BCUT2D eigenvalue weighted by molar-refractivity contribution is 7.92. The average Bonchev–Trinajstić information content (AvgIpc) is 2.96. The molecule has 0 atom stereocenters. The lowest BCUT2D eigenvalue weighted by Gasteiger charge is -2.23. The number of hydrogen-bond donors (Lipinski definition) is 1. The molecule has 0 aliphatic carbocycles. The van der Waals surface area contributed by atoms with Crippen LogP contribution < -0.4 is 14.5 Å². The quantitative estimate of drug-likeness (QED) is 0.168. The Labute approximate surface area is 225 Å². The van der Waals surface area contributed by atoms with Crippen molar-refractivity contribution in [3.05, 3.63) is 130 Å². The SMILES string of the molecule is O=C(CN(c1ccc([N+](=O)[O-])cc1)S(=O)(=O)c1ccccc1)NN=Cc1ccccc1OCc1ccccc1. The van der Waals surface area contributed by atoms with E-state index in [1.807, 2.05) is 36.4 Å². The van der Waals surface area contributed by atoms with Crippen molar-refractivity contribution in [3.63, 3.8) is 0 Å². The predicted molar refractivity (Wildman–Crippen MR) is 147 cm³/mol. The van der Waals surface area contributed by atoms with Gasteiger partial charge in [0.05, 0.1) is 21.7 Å². The summed E-state index contributed by atoms with van der Waals surface area (Å²) in [5, 5.41) is 15.0. The van der Waals surface area contributed by atoms with Crippen molar-refractivity contribution in [2.24, 2.45) is 5.10 Å². The van der Waals surface area contributed by atoms with E-state index in [1.54, 1.807) is 36.4 Å². The molecular formula is C28H24N4O6S. The van der Waals surface area contributed by atoms with Gasteiger partial charge in [-0.3, -0.25) is 19.2 Å². The van der Waals surface area contributed by atoms with E-state index in [0.29, 0.717) is 17.9 Å². The molecule has 1 amide bonds.